The molecule has 0 fully saturated rings. The maximum Gasteiger partial charge on any atom is 0.235 e. The first-order valence-corrected chi connectivity index (χ1v) is 8.95. The van der Waals surface area contributed by atoms with Crippen molar-refractivity contribution in [3.05, 3.63) is 41.7 Å². The van der Waals surface area contributed by atoms with Crippen LogP contribution in [-0.4, -0.2) is 41.6 Å². The van der Waals surface area contributed by atoms with E-state index in [0.717, 1.165) is 11.3 Å². The number of anilines is 1. The fourth-order valence-electron chi connectivity index (χ4n) is 1.96. The molecule has 1 aromatic carbocycles. The standard InChI is InChI=1S/C17H21N3O4S/c1-12-4-3-5-14(8-12)23-7-6-18-16(21)10-25-11-17(22)19-15-9-13(2)24-20-15/h3-5,8-9H,6-7,10-11H2,1-2H3,(H,18,21)(H,19,20,22). The molecular formula is C17H21N3O4S. The largest absolute Gasteiger partial charge is 0.492 e. The molecule has 134 valence electrons. The third kappa shape index (κ3) is 7.30. The van der Waals surface area contributed by atoms with Gasteiger partial charge in [-0.3, -0.25) is 9.59 Å². The van der Waals surface area contributed by atoms with Crippen molar-refractivity contribution in [2.24, 2.45) is 0 Å². The second-order valence-electron chi connectivity index (χ2n) is 5.38. The highest BCUT2D eigenvalue weighted by atomic mass is 32.2. The molecule has 2 rings (SSSR count). The number of ether oxygens (including phenoxy) is 1. The third-order valence-corrected chi connectivity index (χ3v) is 3.98. The molecule has 0 bridgehead atoms. The number of amides is 2. The highest BCUT2D eigenvalue weighted by Gasteiger charge is 2.08. The number of hydrogen-bond acceptors (Lipinski definition) is 6. The van der Waals surface area contributed by atoms with E-state index < -0.39 is 0 Å². The van der Waals surface area contributed by atoms with Crippen LogP contribution in [0.2, 0.25) is 0 Å². The first-order chi connectivity index (χ1) is 12.0. The Morgan fingerprint density at radius 1 is 1.20 bits per heavy atom. The SMILES string of the molecule is Cc1cccc(OCCNC(=O)CSCC(=O)Nc2cc(C)on2)c1. The van der Waals surface area contributed by atoms with Gasteiger partial charge in [-0.2, -0.15) is 0 Å². The molecule has 1 aromatic heterocycles. The summed E-state index contributed by atoms with van der Waals surface area (Å²) in [6.07, 6.45) is 0. The summed E-state index contributed by atoms with van der Waals surface area (Å²) in [6, 6.07) is 9.35. The van der Waals surface area contributed by atoms with Crippen LogP contribution in [0.4, 0.5) is 5.82 Å². The van der Waals surface area contributed by atoms with Crippen molar-refractivity contribution in [1.82, 2.24) is 10.5 Å². The Bertz CT molecular complexity index is 717. The maximum atomic E-state index is 11.7. The van der Waals surface area contributed by atoms with E-state index in [2.05, 4.69) is 15.8 Å². The van der Waals surface area contributed by atoms with Crippen LogP contribution < -0.4 is 15.4 Å². The summed E-state index contributed by atoms with van der Waals surface area (Å²) in [5.41, 5.74) is 1.12. The normalized spacial score (nSPS) is 10.3. The lowest BCUT2D eigenvalue weighted by Gasteiger charge is -2.08. The summed E-state index contributed by atoms with van der Waals surface area (Å²) in [4.78, 5) is 23.4. The van der Waals surface area contributed by atoms with E-state index in [9.17, 15) is 9.59 Å². The lowest BCUT2D eigenvalue weighted by atomic mass is 10.2. The smallest absolute Gasteiger partial charge is 0.235 e. The monoisotopic (exact) mass is 363 g/mol. The fraction of sp³-hybridized carbons (Fsp3) is 0.353. The van der Waals surface area contributed by atoms with Gasteiger partial charge >= 0.3 is 0 Å². The quantitative estimate of drug-likeness (QED) is 0.663. The van der Waals surface area contributed by atoms with Crippen LogP contribution in [0.1, 0.15) is 11.3 Å². The van der Waals surface area contributed by atoms with Crippen LogP contribution in [0.25, 0.3) is 0 Å². The Hall–Kier alpha value is -2.48. The molecule has 0 radical (unpaired) electrons. The van der Waals surface area contributed by atoms with E-state index >= 15 is 0 Å². The van der Waals surface area contributed by atoms with Crippen LogP contribution >= 0.6 is 11.8 Å². The molecule has 0 aliphatic carbocycles. The van der Waals surface area contributed by atoms with Crippen molar-refractivity contribution in [3.63, 3.8) is 0 Å². The van der Waals surface area contributed by atoms with Gasteiger partial charge < -0.3 is 19.9 Å². The zero-order valence-electron chi connectivity index (χ0n) is 14.2. The molecule has 0 aliphatic rings. The first kappa shape index (κ1) is 18.9. The Balaban J connectivity index is 1.54. The van der Waals surface area contributed by atoms with Gasteiger partial charge in [-0.05, 0) is 31.5 Å². The molecule has 2 amide bonds. The Morgan fingerprint density at radius 3 is 2.72 bits per heavy atom. The summed E-state index contributed by atoms with van der Waals surface area (Å²) in [6.45, 7) is 4.54. The summed E-state index contributed by atoms with van der Waals surface area (Å²) in [5, 5.41) is 9.02. The summed E-state index contributed by atoms with van der Waals surface area (Å²) in [7, 11) is 0. The number of aryl methyl sites for hydroxylation is 2. The molecule has 1 heterocycles. The zero-order chi connectivity index (χ0) is 18.1. The van der Waals surface area contributed by atoms with Crippen molar-refractivity contribution in [1.29, 1.82) is 0 Å². The van der Waals surface area contributed by atoms with Crippen molar-refractivity contribution in [3.8, 4) is 5.75 Å². The van der Waals surface area contributed by atoms with Crippen LogP contribution in [0.15, 0.2) is 34.9 Å². The van der Waals surface area contributed by atoms with Crippen LogP contribution in [-0.2, 0) is 9.59 Å². The molecule has 2 N–H and O–H groups in total. The predicted octanol–water partition coefficient (Wildman–Crippen LogP) is 2.16. The maximum absolute atomic E-state index is 11.7. The van der Waals surface area contributed by atoms with Gasteiger partial charge in [-0.15, -0.1) is 11.8 Å². The number of carbonyl (C=O) groups excluding carboxylic acids is 2. The van der Waals surface area contributed by atoms with Crippen molar-refractivity contribution < 1.29 is 18.8 Å². The summed E-state index contributed by atoms with van der Waals surface area (Å²) < 4.78 is 10.4. The number of aromatic nitrogens is 1. The minimum absolute atomic E-state index is 0.136. The number of nitrogens with zero attached hydrogens (tertiary/aromatic N) is 1. The number of benzene rings is 1. The third-order valence-electron chi connectivity index (χ3n) is 3.04. The van der Waals surface area contributed by atoms with E-state index in [1.54, 1.807) is 13.0 Å². The minimum Gasteiger partial charge on any atom is -0.492 e. The molecule has 2 aromatic rings. The lowest BCUT2D eigenvalue weighted by Crippen LogP contribution is -2.30. The molecular weight excluding hydrogens is 342 g/mol. The van der Waals surface area contributed by atoms with Gasteiger partial charge in [0.2, 0.25) is 11.8 Å². The van der Waals surface area contributed by atoms with E-state index in [0.29, 0.717) is 24.7 Å². The van der Waals surface area contributed by atoms with Crippen LogP contribution in [0, 0.1) is 13.8 Å². The lowest BCUT2D eigenvalue weighted by molar-refractivity contribution is -0.118. The summed E-state index contributed by atoms with van der Waals surface area (Å²) in [5.74, 6) is 1.78. The van der Waals surface area contributed by atoms with Crippen molar-refractivity contribution in [2.75, 3.05) is 30.0 Å². The Kier molecular flexibility index (Phi) is 7.34. The highest BCUT2D eigenvalue weighted by Crippen LogP contribution is 2.12. The molecule has 8 heteroatoms. The highest BCUT2D eigenvalue weighted by molar-refractivity contribution is 8.00. The van der Waals surface area contributed by atoms with Gasteiger partial charge in [0.1, 0.15) is 18.1 Å². The molecule has 0 spiro atoms. The Morgan fingerprint density at radius 2 is 2.00 bits per heavy atom. The van der Waals surface area contributed by atoms with E-state index in [-0.39, 0.29) is 23.3 Å². The van der Waals surface area contributed by atoms with Gasteiger partial charge in [0, 0.05) is 6.07 Å². The molecule has 0 saturated heterocycles. The number of thioether (sulfide) groups is 1. The molecule has 0 unspecified atom stereocenters. The van der Waals surface area contributed by atoms with Gasteiger partial charge in [0.05, 0.1) is 18.1 Å². The minimum atomic E-state index is -0.228. The zero-order valence-corrected chi connectivity index (χ0v) is 15.0. The molecule has 0 saturated carbocycles. The van der Waals surface area contributed by atoms with E-state index in [4.69, 9.17) is 9.26 Å². The molecule has 25 heavy (non-hydrogen) atoms. The van der Waals surface area contributed by atoms with Crippen molar-refractivity contribution in [2.45, 2.75) is 13.8 Å². The van der Waals surface area contributed by atoms with Gasteiger partial charge in [-0.25, -0.2) is 0 Å². The van der Waals surface area contributed by atoms with Crippen LogP contribution in [0.5, 0.6) is 5.75 Å². The van der Waals surface area contributed by atoms with Crippen molar-refractivity contribution >= 4 is 29.4 Å². The molecule has 0 atom stereocenters. The molecule has 7 nitrogen and oxygen atoms in total. The van der Waals surface area contributed by atoms with E-state index in [1.165, 1.54) is 11.8 Å². The van der Waals surface area contributed by atoms with Gasteiger partial charge in [0.15, 0.2) is 5.82 Å². The predicted molar refractivity (Wildman–Crippen MR) is 96.9 cm³/mol. The number of nitrogens with one attached hydrogen (secondary N) is 2. The average Bonchev–Trinajstić information content (AvgIpc) is 2.96. The first-order valence-electron chi connectivity index (χ1n) is 7.80. The topological polar surface area (TPSA) is 93.5 Å². The van der Waals surface area contributed by atoms with Gasteiger partial charge in [-0.1, -0.05) is 17.3 Å². The average molecular weight is 363 g/mol. The second-order valence-corrected chi connectivity index (χ2v) is 6.36. The number of rotatable bonds is 9. The fourth-order valence-corrected chi connectivity index (χ4v) is 2.60. The van der Waals surface area contributed by atoms with Crippen LogP contribution in [0.3, 0.4) is 0 Å². The van der Waals surface area contributed by atoms with Gasteiger partial charge in [0.25, 0.3) is 0 Å². The molecule has 0 aliphatic heterocycles. The second kappa shape index (κ2) is 9.73. The number of carbonyl (C=O) groups is 2. The Labute approximate surface area is 150 Å². The van der Waals surface area contributed by atoms with E-state index in [1.807, 2.05) is 31.2 Å². The number of hydrogen-bond donors (Lipinski definition) is 2. The summed E-state index contributed by atoms with van der Waals surface area (Å²) >= 11 is 1.23.